The van der Waals surface area contributed by atoms with Gasteiger partial charge in [-0.15, -0.1) is 0 Å². The molecule has 1 spiro atoms. The molecule has 0 saturated carbocycles. The number of fused-ring (bicyclic) bond motifs is 14. The summed E-state index contributed by atoms with van der Waals surface area (Å²) in [5.41, 5.74) is 19.6. The molecule has 2 aliphatic rings. The van der Waals surface area contributed by atoms with Crippen LogP contribution in [0.3, 0.4) is 0 Å². The van der Waals surface area contributed by atoms with E-state index in [-0.39, 0.29) is 5.41 Å². The normalized spacial score (nSPS) is 13.0. The van der Waals surface area contributed by atoms with Gasteiger partial charge in [-0.1, -0.05) is 170 Å². The molecule has 0 atom stereocenters. The van der Waals surface area contributed by atoms with Crippen LogP contribution in [0.15, 0.2) is 231 Å². The van der Waals surface area contributed by atoms with Crippen LogP contribution in [0.5, 0.6) is 0 Å². The zero-order chi connectivity index (χ0) is 40.1. The summed E-state index contributed by atoms with van der Waals surface area (Å²) in [4.78, 5) is 2.41. The predicted octanol–water partition coefficient (Wildman–Crippen LogP) is 15.4. The number of para-hydroxylation sites is 2. The van der Waals surface area contributed by atoms with E-state index in [2.05, 4.69) is 240 Å². The van der Waals surface area contributed by atoms with Crippen molar-refractivity contribution in [2.24, 2.45) is 0 Å². The summed E-state index contributed by atoms with van der Waals surface area (Å²) in [6.07, 6.45) is 0. The molecule has 0 fully saturated rings. The van der Waals surface area contributed by atoms with Crippen molar-refractivity contribution in [3.05, 3.63) is 253 Å². The first-order valence-electron chi connectivity index (χ1n) is 21.2. The van der Waals surface area contributed by atoms with Gasteiger partial charge in [0, 0.05) is 33.5 Å². The summed E-state index contributed by atoms with van der Waals surface area (Å²) in [5.74, 6) is 0. The standard InChI is InChI=1S/C59H38N2/c1-2-16-43(17-3-1)61-57-25-13-9-21-51(57)52-35-33-46(38-58(52)61)60(45-32-28-39-14-4-5-15-41(39)36-45)44-30-26-40(27-31-44)42-29-34-50-49-20-8-12-24-55(49)59(56(50)37-42)53-22-10-6-18-47(53)48-19-7-11-23-54(48)59/h1-38H. The Morgan fingerprint density at radius 1 is 0.311 bits per heavy atom. The molecule has 13 rings (SSSR count). The quantitative estimate of drug-likeness (QED) is 0.169. The maximum absolute atomic E-state index is 2.47. The molecule has 0 radical (unpaired) electrons. The van der Waals surface area contributed by atoms with Crippen LogP contribution in [0, 0.1) is 0 Å². The van der Waals surface area contributed by atoms with Crippen molar-refractivity contribution in [2.45, 2.75) is 5.41 Å². The van der Waals surface area contributed by atoms with Crippen LogP contribution in [0.2, 0.25) is 0 Å². The van der Waals surface area contributed by atoms with E-state index in [1.165, 1.54) is 88.2 Å². The lowest BCUT2D eigenvalue weighted by Crippen LogP contribution is -2.25. The van der Waals surface area contributed by atoms with Crippen LogP contribution < -0.4 is 4.90 Å². The molecular weight excluding hydrogens is 737 g/mol. The number of hydrogen-bond donors (Lipinski definition) is 0. The minimum Gasteiger partial charge on any atom is -0.310 e. The molecule has 0 bridgehead atoms. The zero-order valence-corrected chi connectivity index (χ0v) is 33.3. The van der Waals surface area contributed by atoms with Crippen molar-refractivity contribution in [3.63, 3.8) is 0 Å². The largest absolute Gasteiger partial charge is 0.310 e. The van der Waals surface area contributed by atoms with Crippen LogP contribution in [-0.4, -0.2) is 4.57 Å². The maximum atomic E-state index is 2.47. The van der Waals surface area contributed by atoms with Crippen molar-refractivity contribution in [1.82, 2.24) is 4.57 Å². The summed E-state index contributed by atoms with van der Waals surface area (Å²) < 4.78 is 2.40. The number of hydrogen-bond acceptors (Lipinski definition) is 1. The molecule has 2 aliphatic carbocycles. The molecule has 61 heavy (non-hydrogen) atoms. The lowest BCUT2D eigenvalue weighted by molar-refractivity contribution is 0.794. The minimum atomic E-state index is -0.372. The van der Waals surface area contributed by atoms with Crippen molar-refractivity contribution >= 4 is 49.6 Å². The molecular formula is C59H38N2. The third-order valence-electron chi connectivity index (χ3n) is 13.4. The first kappa shape index (κ1) is 34.0. The van der Waals surface area contributed by atoms with Crippen molar-refractivity contribution < 1.29 is 0 Å². The number of benzene rings is 10. The highest BCUT2D eigenvalue weighted by atomic mass is 15.1. The van der Waals surface area contributed by atoms with Gasteiger partial charge in [0.2, 0.25) is 0 Å². The van der Waals surface area contributed by atoms with Gasteiger partial charge in [-0.2, -0.15) is 0 Å². The second-order valence-corrected chi connectivity index (χ2v) is 16.5. The Morgan fingerprint density at radius 3 is 1.56 bits per heavy atom. The Bertz CT molecular complexity index is 3470. The average molecular weight is 775 g/mol. The van der Waals surface area contributed by atoms with Gasteiger partial charge in [0.1, 0.15) is 0 Å². The Kier molecular flexibility index (Phi) is 7.26. The number of anilines is 3. The van der Waals surface area contributed by atoms with Gasteiger partial charge in [-0.3, -0.25) is 0 Å². The molecule has 1 heterocycles. The van der Waals surface area contributed by atoms with E-state index in [4.69, 9.17) is 0 Å². The number of rotatable bonds is 5. The van der Waals surface area contributed by atoms with Crippen molar-refractivity contribution in [1.29, 1.82) is 0 Å². The summed E-state index contributed by atoms with van der Waals surface area (Å²) in [6, 6.07) is 85.2. The molecule has 0 amide bonds. The van der Waals surface area contributed by atoms with Gasteiger partial charge in [0.05, 0.1) is 16.4 Å². The predicted molar refractivity (Wildman–Crippen MR) is 255 cm³/mol. The highest BCUT2D eigenvalue weighted by Gasteiger charge is 2.51. The Balaban J connectivity index is 0.973. The van der Waals surface area contributed by atoms with Gasteiger partial charge in [-0.25, -0.2) is 0 Å². The Labute approximate surface area is 354 Å². The van der Waals surface area contributed by atoms with Crippen LogP contribution >= 0.6 is 0 Å². The molecule has 0 N–H and O–H groups in total. The summed E-state index contributed by atoms with van der Waals surface area (Å²) in [7, 11) is 0. The summed E-state index contributed by atoms with van der Waals surface area (Å²) >= 11 is 0. The molecule has 284 valence electrons. The average Bonchev–Trinajstić information content (AvgIpc) is 3.93. The smallest absolute Gasteiger partial charge is 0.0725 e. The van der Waals surface area contributed by atoms with Gasteiger partial charge in [0.15, 0.2) is 0 Å². The Morgan fingerprint density at radius 2 is 0.836 bits per heavy atom. The minimum absolute atomic E-state index is 0.372. The third-order valence-corrected chi connectivity index (χ3v) is 13.4. The van der Waals surface area contributed by atoms with E-state index in [1.54, 1.807) is 0 Å². The molecule has 11 aromatic rings. The van der Waals surface area contributed by atoms with Gasteiger partial charge >= 0.3 is 0 Å². The van der Waals surface area contributed by atoms with E-state index in [1.807, 2.05) is 0 Å². The van der Waals surface area contributed by atoms with Gasteiger partial charge in [-0.05, 0) is 127 Å². The van der Waals surface area contributed by atoms with Crippen molar-refractivity contribution in [2.75, 3.05) is 4.90 Å². The monoisotopic (exact) mass is 774 g/mol. The topological polar surface area (TPSA) is 8.17 Å². The molecule has 0 aliphatic heterocycles. The summed E-state index contributed by atoms with van der Waals surface area (Å²) in [6.45, 7) is 0. The van der Waals surface area contributed by atoms with Crippen molar-refractivity contribution in [3.8, 4) is 39.1 Å². The fourth-order valence-electron chi connectivity index (χ4n) is 10.8. The third kappa shape index (κ3) is 4.85. The summed E-state index contributed by atoms with van der Waals surface area (Å²) in [5, 5.41) is 4.92. The van der Waals surface area contributed by atoms with Crippen LogP contribution in [0.25, 0.3) is 71.6 Å². The molecule has 0 unspecified atom stereocenters. The second kappa shape index (κ2) is 13.0. The molecule has 1 aromatic heterocycles. The second-order valence-electron chi connectivity index (χ2n) is 16.5. The zero-order valence-electron chi connectivity index (χ0n) is 33.3. The highest BCUT2D eigenvalue weighted by molar-refractivity contribution is 6.10. The molecule has 0 saturated heterocycles. The van der Waals surface area contributed by atoms with E-state index in [9.17, 15) is 0 Å². The van der Waals surface area contributed by atoms with E-state index in [0.717, 1.165) is 22.7 Å². The highest BCUT2D eigenvalue weighted by Crippen LogP contribution is 2.63. The van der Waals surface area contributed by atoms with E-state index in [0.29, 0.717) is 0 Å². The lowest BCUT2D eigenvalue weighted by atomic mass is 9.70. The van der Waals surface area contributed by atoms with Crippen LogP contribution in [0.4, 0.5) is 17.1 Å². The lowest BCUT2D eigenvalue weighted by Gasteiger charge is -2.30. The first-order valence-corrected chi connectivity index (χ1v) is 21.2. The van der Waals surface area contributed by atoms with E-state index >= 15 is 0 Å². The number of nitrogens with zero attached hydrogens (tertiary/aromatic N) is 2. The van der Waals surface area contributed by atoms with Crippen LogP contribution in [0.1, 0.15) is 22.3 Å². The van der Waals surface area contributed by atoms with E-state index < -0.39 is 0 Å². The molecule has 10 aromatic carbocycles. The Hall–Kier alpha value is -7.94. The fraction of sp³-hybridized carbons (Fsp3) is 0.0169. The first-order chi connectivity index (χ1) is 30.3. The van der Waals surface area contributed by atoms with Crippen LogP contribution in [-0.2, 0) is 5.41 Å². The van der Waals surface area contributed by atoms with Gasteiger partial charge in [0.25, 0.3) is 0 Å². The fourth-order valence-corrected chi connectivity index (χ4v) is 10.8. The number of aromatic nitrogens is 1. The molecule has 2 nitrogen and oxygen atoms in total. The van der Waals surface area contributed by atoms with Gasteiger partial charge < -0.3 is 9.47 Å². The SMILES string of the molecule is c1ccc(-n2c3ccccc3c3ccc(N(c4ccc(-c5ccc6c(c5)C5(c7ccccc7-c7ccccc75)c5ccccc5-6)cc4)c4ccc5ccccc5c4)cc32)cc1. The molecule has 2 heteroatoms. The maximum Gasteiger partial charge on any atom is 0.0725 e.